The van der Waals surface area contributed by atoms with Crippen molar-refractivity contribution in [2.24, 2.45) is 4.99 Å². The fourth-order valence-electron chi connectivity index (χ4n) is 2.56. The van der Waals surface area contributed by atoms with Gasteiger partial charge in [0.05, 0.1) is 12.6 Å². The zero-order valence-electron chi connectivity index (χ0n) is 13.2. The molecule has 1 aromatic rings. The van der Waals surface area contributed by atoms with Crippen LogP contribution in [0.25, 0.3) is 0 Å². The van der Waals surface area contributed by atoms with E-state index in [4.69, 9.17) is 4.74 Å². The number of ether oxygens (including phenoxy) is 1. The summed E-state index contributed by atoms with van der Waals surface area (Å²) in [6.45, 7) is 4.71. The highest BCUT2D eigenvalue weighted by atomic mass is 32.1. The highest BCUT2D eigenvalue weighted by molar-refractivity contribution is 7.11. The molecule has 5 heteroatoms. The van der Waals surface area contributed by atoms with Gasteiger partial charge >= 0.3 is 0 Å². The minimum atomic E-state index is 0.518. The zero-order valence-corrected chi connectivity index (χ0v) is 14.0. The third kappa shape index (κ3) is 6.06. The van der Waals surface area contributed by atoms with Crippen molar-refractivity contribution in [2.45, 2.75) is 51.7 Å². The Kier molecular flexibility index (Phi) is 7.03. The molecular weight excluding hydrogens is 282 g/mol. The summed E-state index contributed by atoms with van der Waals surface area (Å²) in [7, 11) is 1.81. The Bertz CT molecular complexity index is 438. The van der Waals surface area contributed by atoms with Crippen molar-refractivity contribution in [3.8, 4) is 0 Å². The van der Waals surface area contributed by atoms with Crippen LogP contribution in [-0.2, 0) is 11.3 Å². The Morgan fingerprint density at radius 1 is 1.33 bits per heavy atom. The topological polar surface area (TPSA) is 45.7 Å². The van der Waals surface area contributed by atoms with Crippen LogP contribution in [0, 0.1) is 6.92 Å². The molecule has 4 nitrogen and oxygen atoms in total. The first-order valence-corrected chi connectivity index (χ1v) is 8.71. The maximum Gasteiger partial charge on any atom is 0.191 e. The zero-order chi connectivity index (χ0) is 14.9. The standard InChI is InChI=1S/C16H27N3OS/c1-13-8-9-15(21-13)12-19-16(17-2)18-10-5-11-20-14-6-3-4-7-14/h8-9,14H,3-7,10-12H2,1-2H3,(H2,17,18,19). The lowest BCUT2D eigenvalue weighted by atomic mass is 10.3. The molecule has 1 heterocycles. The Morgan fingerprint density at radius 3 is 2.81 bits per heavy atom. The number of guanidine groups is 1. The summed E-state index contributed by atoms with van der Waals surface area (Å²) < 4.78 is 5.85. The number of aryl methyl sites for hydroxylation is 1. The lowest BCUT2D eigenvalue weighted by Crippen LogP contribution is -2.37. The normalized spacial score (nSPS) is 16.4. The lowest BCUT2D eigenvalue weighted by molar-refractivity contribution is 0.0574. The van der Waals surface area contributed by atoms with Crippen LogP contribution in [0.15, 0.2) is 17.1 Å². The van der Waals surface area contributed by atoms with Crippen molar-refractivity contribution < 1.29 is 4.74 Å². The summed E-state index contributed by atoms with van der Waals surface area (Å²) in [5, 5.41) is 6.67. The molecule has 0 aliphatic heterocycles. The van der Waals surface area contributed by atoms with Crippen molar-refractivity contribution in [3.05, 3.63) is 21.9 Å². The van der Waals surface area contributed by atoms with E-state index >= 15 is 0 Å². The molecule has 118 valence electrons. The third-order valence-electron chi connectivity index (χ3n) is 3.72. The highest BCUT2D eigenvalue weighted by Crippen LogP contribution is 2.20. The first-order chi connectivity index (χ1) is 10.3. The monoisotopic (exact) mass is 309 g/mol. The van der Waals surface area contributed by atoms with Gasteiger partial charge in [-0.25, -0.2) is 0 Å². The third-order valence-corrected chi connectivity index (χ3v) is 4.72. The number of aliphatic imine (C=N–C) groups is 1. The van der Waals surface area contributed by atoms with Crippen LogP contribution in [0.2, 0.25) is 0 Å². The molecule has 0 saturated heterocycles. The molecule has 0 unspecified atom stereocenters. The SMILES string of the molecule is CN=C(NCCCOC1CCCC1)NCc1ccc(C)s1. The molecule has 0 spiro atoms. The quantitative estimate of drug-likeness (QED) is 0.462. The van der Waals surface area contributed by atoms with Gasteiger partial charge in [0, 0.05) is 30.0 Å². The number of thiophene rings is 1. The summed E-state index contributed by atoms with van der Waals surface area (Å²) in [5.41, 5.74) is 0. The van der Waals surface area contributed by atoms with Gasteiger partial charge in [0.15, 0.2) is 5.96 Å². The fourth-order valence-corrected chi connectivity index (χ4v) is 3.39. The van der Waals surface area contributed by atoms with Gasteiger partial charge in [-0.3, -0.25) is 4.99 Å². The summed E-state index contributed by atoms with van der Waals surface area (Å²) in [5.74, 6) is 0.863. The van der Waals surface area contributed by atoms with Gasteiger partial charge in [-0.05, 0) is 38.3 Å². The number of hydrogen-bond donors (Lipinski definition) is 2. The predicted octanol–water partition coefficient (Wildman–Crippen LogP) is 3.07. The number of nitrogens with one attached hydrogen (secondary N) is 2. The molecule has 1 aromatic heterocycles. The van der Waals surface area contributed by atoms with E-state index in [1.807, 2.05) is 18.4 Å². The first kappa shape index (κ1) is 16.3. The summed E-state index contributed by atoms with van der Waals surface area (Å²) >= 11 is 1.82. The smallest absolute Gasteiger partial charge is 0.191 e. The molecule has 1 aliphatic rings. The minimum Gasteiger partial charge on any atom is -0.378 e. The average Bonchev–Trinajstić information content (AvgIpc) is 3.13. The van der Waals surface area contributed by atoms with E-state index in [-0.39, 0.29) is 0 Å². The van der Waals surface area contributed by atoms with E-state index in [1.165, 1.54) is 35.4 Å². The molecule has 0 radical (unpaired) electrons. The Hall–Kier alpha value is -1.07. The van der Waals surface area contributed by atoms with Gasteiger partial charge in [0.25, 0.3) is 0 Å². The van der Waals surface area contributed by atoms with Crippen LogP contribution in [-0.4, -0.2) is 32.3 Å². The molecule has 1 fully saturated rings. The van der Waals surface area contributed by atoms with E-state index in [2.05, 4.69) is 34.7 Å². The Balaban J connectivity index is 1.55. The van der Waals surface area contributed by atoms with E-state index in [1.54, 1.807) is 0 Å². The van der Waals surface area contributed by atoms with Crippen molar-refractivity contribution in [1.82, 2.24) is 10.6 Å². The second-order valence-corrected chi connectivity index (χ2v) is 6.87. The van der Waals surface area contributed by atoms with E-state index < -0.39 is 0 Å². The number of nitrogens with zero attached hydrogens (tertiary/aromatic N) is 1. The molecule has 0 aromatic carbocycles. The van der Waals surface area contributed by atoms with Crippen LogP contribution in [0.4, 0.5) is 0 Å². The highest BCUT2D eigenvalue weighted by Gasteiger charge is 2.14. The molecule has 2 N–H and O–H groups in total. The molecule has 1 aliphatic carbocycles. The largest absolute Gasteiger partial charge is 0.378 e. The molecule has 1 saturated carbocycles. The lowest BCUT2D eigenvalue weighted by Gasteiger charge is -2.13. The van der Waals surface area contributed by atoms with Crippen LogP contribution in [0.5, 0.6) is 0 Å². The molecular formula is C16H27N3OS. The van der Waals surface area contributed by atoms with Crippen molar-refractivity contribution in [3.63, 3.8) is 0 Å². The predicted molar refractivity (Wildman–Crippen MR) is 90.1 cm³/mol. The van der Waals surface area contributed by atoms with Crippen molar-refractivity contribution >= 4 is 17.3 Å². The molecule has 21 heavy (non-hydrogen) atoms. The van der Waals surface area contributed by atoms with E-state index in [0.29, 0.717) is 6.10 Å². The average molecular weight is 309 g/mol. The van der Waals surface area contributed by atoms with E-state index in [0.717, 1.165) is 32.1 Å². The minimum absolute atomic E-state index is 0.518. The van der Waals surface area contributed by atoms with Crippen molar-refractivity contribution in [1.29, 1.82) is 0 Å². The summed E-state index contributed by atoms with van der Waals surface area (Å²) in [4.78, 5) is 6.92. The second-order valence-electron chi connectivity index (χ2n) is 5.50. The summed E-state index contributed by atoms with van der Waals surface area (Å²) in [6.07, 6.45) is 6.70. The molecule has 0 amide bonds. The van der Waals surface area contributed by atoms with Crippen LogP contribution in [0.1, 0.15) is 41.9 Å². The molecule has 2 rings (SSSR count). The fraction of sp³-hybridized carbons (Fsp3) is 0.688. The van der Waals surface area contributed by atoms with Gasteiger partial charge in [0.2, 0.25) is 0 Å². The van der Waals surface area contributed by atoms with Gasteiger partial charge < -0.3 is 15.4 Å². The van der Waals surface area contributed by atoms with E-state index in [9.17, 15) is 0 Å². The van der Waals surface area contributed by atoms with Gasteiger partial charge in [-0.15, -0.1) is 11.3 Å². The maximum absolute atomic E-state index is 5.85. The molecule has 0 atom stereocenters. The van der Waals surface area contributed by atoms with Crippen LogP contribution < -0.4 is 10.6 Å². The number of hydrogen-bond acceptors (Lipinski definition) is 3. The van der Waals surface area contributed by atoms with Gasteiger partial charge in [0.1, 0.15) is 0 Å². The maximum atomic E-state index is 5.85. The number of rotatable bonds is 7. The van der Waals surface area contributed by atoms with Crippen LogP contribution in [0.3, 0.4) is 0 Å². The summed E-state index contributed by atoms with van der Waals surface area (Å²) in [6, 6.07) is 4.31. The van der Waals surface area contributed by atoms with Gasteiger partial charge in [-0.2, -0.15) is 0 Å². The van der Waals surface area contributed by atoms with Crippen LogP contribution >= 0.6 is 11.3 Å². The molecule has 0 bridgehead atoms. The first-order valence-electron chi connectivity index (χ1n) is 7.89. The second kappa shape index (κ2) is 9.05. The van der Waals surface area contributed by atoms with Crippen molar-refractivity contribution in [2.75, 3.05) is 20.2 Å². The Morgan fingerprint density at radius 2 is 2.14 bits per heavy atom. The van der Waals surface area contributed by atoms with Gasteiger partial charge in [-0.1, -0.05) is 12.8 Å². The Labute approximate surface area is 132 Å².